The van der Waals surface area contributed by atoms with E-state index in [0.717, 1.165) is 47.5 Å². The van der Waals surface area contributed by atoms with Crippen molar-refractivity contribution in [3.63, 3.8) is 0 Å². The van der Waals surface area contributed by atoms with Crippen LogP contribution < -0.4 is 14.9 Å². The number of carbonyl (C=O) groups is 2. The number of ether oxygens (including phenoxy) is 1. The number of amides is 2. The molecule has 190 valence electrons. The number of carbonyl (C=O) groups excluding carboxylic acids is 2. The first kappa shape index (κ1) is 24.8. The van der Waals surface area contributed by atoms with Crippen LogP contribution in [-0.4, -0.2) is 47.5 Å². The van der Waals surface area contributed by atoms with Crippen molar-refractivity contribution in [1.29, 1.82) is 0 Å². The normalized spacial score (nSPS) is 18.5. The predicted molar refractivity (Wildman–Crippen MR) is 142 cm³/mol. The van der Waals surface area contributed by atoms with Crippen LogP contribution in [-0.2, 0) is 29.0 Å². The number of hydrogen-bond donors (Lipinski definition) is 1. The van der Waals surface area contributed by atoms with Crippen LogP contribution in [0.5, 0.6) is 5.75 Å². The quantitative estimate of drug-likeness (QED) is 0.508. The van der Waals surface area contributed by atoms with Crippen LogP contribution in [0.1, 0.15) is 36.8 Å². The summed E-state index contributed by atoms with van der Waals surface area (Å²) in [6.45, 7) is 1.01. The fourth-order valence-electron chi connectivity index (χ4n) is 5.32. The Morgan fingerprint density at radius 3 is 2.69 bits per heavy atom. The lowest BCUT2D eigenvalue weighted by atomic mass is 9.94. The Bertz CT molecular complexity index is 1340. The molecule has 2 aromatic carbocycles. The minimum Gasteiger partial charge on any atom is -0.497 e. The molecule has 9 heteroatoms. The second-order valence-corrected chi connectivity index (χ2v) is 11.1. The molecule has 2 heterocycles. The number of likely N-dealkylation sites (tertiary alicyclic amines) is 1. The zero-order valence-corrected chi connectivity index (χ0v) is 21.9. The van der Waals surface area contributed by atoms with E-state index in [2.05, 4.69) is 17.4 Å². The summed E-state index contributed by atoms with van der Waals surface area (Å²) < 4.78 is 7.69. The molecule has 1 aliphatic heterocycles. The van der Waals surface area contributed by atoms with Crippen LogP contribution in [0.2, 0.25) is 5.02 Å². The molecular formula is C27H30ClN3O4S. The number of halogens is 1. The monoisotopic (exact) mass is 527 g/mol. The molecular weight excluding hydrogens is 498 g/mol. The summed E-state index contributed by atoms with van der Waals surface area (Å²) >= 11 is 7.21. The minimum absolute atomic E-state index is 0.0129. The summed E-state index contributed by atoms with van der Waals surface area (Å²) in [4.78, 5) is 40.1. The summed E-state index contributed by atoms with van der Waals surface area (Å²) in [5.41, 5.74) is 3.26. The zero-order chi connectivity index (χ0) is 25.2. The average molecular weight is 528 g/mol. The lowest BCUT2D eigenvalue weighted by Gasteiger charge is -2.32. The van der Waals surface area contributed by atoms with Crippen molar-refractivity contribution in [3.05, 3.63) is 62.2 Å². The van der Waals surface area contributed by atoms with Gasteiger partial charge in [-0.05, 0) is 80.0 Å². The maximum atomic E-state index is 13.1. The third kappa shape index (κ3) is 5.30. The molecule has 1 aliphatic carbocycles. The molecule has 0 bridgehead atoms. The van der Waals surface area contributed by atoms with E-state index in [1.165, 1.54) is 15.7 Å². The lowest BCUT2D eigenvalue weighted by Crippen LogP contribution is -2.46. The van der Waals surface area contributed by atoms with Gasteiger partial charge in [0.15, 0.2) is 0 Å². The van der Waals surface area contributed by atoms with Crippen LogP contribution in [0.15, 0.2) is 41.2 Å². The van der Waals surface area contributed by atoms with Crippen LogP contribution in [0.3, 0.4) is 0 Å². The molecule has 1 atom stereocenters. The number of fused-ring (bicyclic) bond motifs is 2. The van der Waals surface area contributed by atoms with Gasteiger partial charge in [0, 0.05) is 30.1 Å². The summed E-state index contributed by atoms with van der Waals surface area (Å²) in [5, 5.41) is 3.81. The summed E-state index contributed by atoms with van der Waals surface area (Å²) in [5.74, 6) is 0.710. The van der Waals surface area contributed by atoms with E-state index in [-0.39, 0.29) is 35.2 Å². The fourth-order valence-corrected chi connectivity index (χ4v) is 6.36. The maximum Gasteiger partial charge on any atom is 0.308 e. The van der Waals surface area contributed by atoms with Gasteiger partial charge in [0.05, 0.1) is 17.3 Å². The molecule has 1 N–H and O–H groups in total. The maximum absolute atomic E-state index is 13.1. The van der Waals surface area contributed by atoms with E-state index in [0.29, 0.717) is 36.5 Å². The van der Waals surface area contributed by atoms with Gasteiger partial charge in [0.2, 0.25) is 11.8 Å². The van der Waals surface area contributed by atoms with Gasteiger partial charge in [-0.15, -0.1) is 0 Å². The second kappa shape index (κ2) is 10.6. The number of hydrogen-bond acceptors (Lipinski definition) is 5. The summed E-state index contributed by atoms with van der Waals surface area (Å²) in [6, 6.07) is 11.6. The third-order valence-electron chi connectivity index (χ3n) is 7.37. The van der Waals surface area contributed by atoms with Gasteiger partial charge in [-0.1, -0.05) is 29.0 Å². The van der Waals surface area contributed by atoms with Crippen LogP contribution in [0.4, 0.5) is 0 Å². The number of thiazole rings is 1. The minimum atomic E-state index is -0.169. The van der Waals surface area contributed by atoms with Crippen molar-refractivity contribution in [2.24, 2.45) is 5.92 Å². The second-order valence-electron chi connectivity index (χ2n) is 9.66. The Morgan fingerprint density at radius 2 is 1.92 bits per heavy atom. The Hall–Kier alpha value is -2.84. The lowest BCUT2D eigenvalue weighted by molar-refractivity contribution is -0.136. The molecule has 5 rings (SSSR count). The molecule has 0 radical (unpaired) electrons. The SMILES string of the molecule is COc1ccc2c(c1)CC(NC(=O)C1CCN(C(=O)Cn3c(=O)sc4ccc(Cl)cc43)CC1)CCC2. The van der Waals surface area contributed by atoms with E-state index >= 15 is 0 Å². The molecule has 0 saturated carbocycles. The number of methoxy groups -OCH3 is 1. The Labute approximate surface area is 219 Å². The topological polar surface area (TPSA) is 80.6 Å². The Morgan fingerprint density at radius 1 is 1.11 bits per heavy atom. The molecule has 36 heavy (non-hydrogen) atoms. The van der Waals surface area contributed by atoms with Gasteiger partial charge in [0.1, 0.15) is 12.3 Å². The van der Waals surface area contributed by atoms with Gasteiger partial charge >= 0.3 is 4.87 Å². The molecule has 1 saturated heterocycles. The van der Waals surface area contributed by atoms with E-state index in [1.54, 1.807) is 30.2 Å². The van der Waals surface area contributed by atoms with E-state index < -0.39 is 0 Å². The van der Waals surface area contributed by atoms with Gasteiger partial charge in [-0.25, -0.2) is 0 Å². The van der Waals surface area contributed by atoms with E-state index in [9.17, 15) is 14.4 Å². The molecule has 7 nitrogen and oxygen atoms in total. The molecule has 3 aromatic rings. The highest BCUT2D eigenvalue weighted by Crippen LogP contribution is 2.26. The van der Waals surface area contributed by atoms with Gasteiger partial charge in [-0.3, -0.25) is 19.0 Å². The molecule has 0 spiro atoms. The summed E-state index contributed by atoms with van der Waals surface area (Å²) in [6.07, 6.45) is 5.07. The van der Waals surface area contributed by atoms with Crippen molar-refractivity contribution in [2.75, 3.05) is 20.2 Å². The van der Waals surface area contributed by atoms with Crippen LogP contribution >= 0.6 is 22.9 Å². The zero-order valence-electron chi connectivity index (χ0n) is 20.3. The van der Waals surface area contributed by atoms with Crippen molar-refractivity contribution in [2.45, 2.75) is 51.1 Å². The van der Waals surface area contributed by atoms with Gasteiger partial charge in [0.25, 0.3) is 0 Å². The van der Waals surface area contributed by atoms with Gasteiger partial charge < -0.3 is 15.0 Å². The average Bonchev–Trinajstić information content (AvgIpc) is 3.05. The first-order valence-corrected chi connectivity index (χ1v) is 13.6. The number of rotatable bonds is 5. The van der Waals surface area contributed by atoms with Crippen molar-refractivity contribution < 1.29 is 14.3 Å². The highest BCUT2D eigenvalue weighted by atomic mass is 35.5. The van der Waals surface area contributed by atoms with E-state index in [4.69, 9.17) is 16.3 Å². The van der Waals surface area contributed by atoms with Crippen molar-refractivity contribution in [1.82, 2.24) is 14.8 Å². The first-order valence-electron chi connectivity index (χ1n) is 12.4. The molecule has 2 amide bonds. The van der Waals surface area contributed by atoms with Crippen LogP contribution in [0, 0.1) is 5.92 Å². The Kier molecular flexibility index (Phi) is 7.34. The summed E-state index contributed by atoms with van der Waals surface area (Å²) in [7, 11) is 1.67. The number of benzene rings is 2. The molecule has 1 aromatic heterocycles. The number of nitrogens with zero attached hydrogens (tertiary/aromatic N) is 2. The van der Waals surface area contributed by atoms with Crippen LogP contribution in [0.25, 0.3) is 10.2 Å². The van der Waals surface area contributed by atoms with Crippen molar-refractivity contribution >= 4 is 45.0 Å². The number of nitrogens with one attached hydrogen (secondary N) is 1. The predicted octanol–water partition coefficient (Wildman–Crippen LogP) is 4.03. The number of aromatic nitrogens is 1. The standard InChI is InChI=1S/C27H30ClN3O4S/c1-35-22-7-5-17-3-2-4-21(13-19(17)14-22)29-26(33)18-9-11-30(12-10-18)25(32)16-31-23-15-20(28)6-8-24(23)36-27(31)34/h5-8,14-15,18,21H,2-4,9-13,16H2,1H3,(H,29,33). The molecule has 1 unspecified atom stereocenters. The van der Waals surface area contributed by atoms with Crippen molar-refractivity contribution in [3.8, 4) is 5.75 Å². The van der Waals surface area contributed by atoms with E-state index in [1.807, 2.05) is 6.07 Å². The number of piperidine rings is 1. The number of aryl methyl sites for hydroxylation is 1. The highest BCUT2D eigenvalue weighted by molar-refractivity contribution is 7.16. The largest absolute Gasteiger partial charge is 0.497 e. The Balaban J connectivity index is 1.16. The first-order chi connectivity index (χ1) is 17.4. The molecule has 1 fully saturated rings. The fraction of sp³-hybridized carbons (Fsp3) is 0.444. The smallest absolute Gasteiger partial charge is 0.308 e. The third-order valence-corrected chi connectivity index (χ3v) is 8.56. The van der Waals surface area contributed by atoms with Gasteiger partial charge in [-0.2, -0.15) is 0 Å². The molecule has 2 aliphatic rings. The highest BCUT2D eigenvalue weighted by Gasteiger charge is 2.29.